The molecule has 0 fully saturated rings. The van der Waals surface area contributed by atoms with Crippen LogP contribution < -0.4 is 11.0 Å². The number of aliphatic hydroxyl groups excluding tert-OH is 1. The molecule has 0 radical (unpaired) electrons. The van der Waals surface area contributed by atoms with Crippen molar-refractivity contribution < 1.29 is 9.90 Å². The van der Waals surface area contributed by atoms with Crippen LogP contribution in [0, 0.1) is 0 Å². The van der Waals surface area contributed by atoms with Crippen LogP contribution in [0.15, 0.2) is 27.8 Å². The molecule has 2 aromatic heterocycles. The first kappa shape index (κ1) is 11.6. The van der Waals surface area contributed by atoms with Crippen LogP contribution in [0.3, 0.4) is 0 Å². The number of aromatic nitrogens is 2. The van der Waals surface area contributed by atoms with Crippen molar-refractivity contribution in [3.05, 3.63) is 44.8 Å². The summed E-state index contributed by atoms with van der Waals surface area (Å²) in [6, 6.07) is 1.79. The zero-order chi connectivity index (χ0) is 12.3. The van der Waals surface area contributed by atoms with Crippen LogP contribution in [-0.4, -0.2) is 27.5 Å². The number of hydrogen-bond acceptors (Lipinski definition) is 4. The van der Waals surface area contributed by atoms with Crippen molar-refractivity contribution >= 4 is 17.2 Å². The van der Waals surface area contributed by atoms with Crippen molar-refractivity contribution in [2.24, 2.45) is 0 Å². The van der Waals surface area contributed by atoms with E-state index in [4.69, 9.17) is 0 Å². The second-order valence-corrected chi connectivity index (χ2v) is 4.22. The second-order valence-electron chi connectivity index (χ2n) is 3.44. The quantitative estimate of drug-likeness (QED) is 0.627. The minimum absolute atomic E-state index is 0.1000. The number of amides is 1. The third-order valence-corrected chi connectivity index (χ3v) is 2.93. The number of imidazole rings is 1. The molecule has 0 aliphatic rings. The van der Waals surface area contributed by atoms with Crippen LogP contribution in [0.2, 0.25) is 0 Å². The van der Waals surface area contributed by atoms with Crippen LogP contribution >= 0.6 is 11.3 Å². The van der Waals surface area contributed by atoms with Gasteiger partial charge in [-0.3, -0.25) is 4.79 Å². The van der Waals surface area contributed by atoms with Crippen LogP contribution in [0.5, 0.6) is 0 Å². The van der Waals surface area contributed by atoms with Gasteiger partial charge in [-0.25, -0.2) is 4.79 Å². The molecule has 0 bridgehead atoms. The van der Waals surface area contributed by atoms with E-state index in [1.807, 2.05) is 10.8 Å². The summed E-state index contributed by atoms with van der Waals surface area (Å²) in [7, 11) is 0. The lowest BCUT2D eigenvalue weighted by Gasteiger charge is -2.09. The number of aliphatic hydroxyl groups is 1. The van der Waals surface area contributed by atoms with Gasteiger partial charge in [-0.05, 0) is 22.4 Å². The van der Waals surface area contributed by atoms with E-state index < -0.39 is 17.7 Å². The van der Waals surface area contributed by atoms with E-state index in [0.29, 0.717) is 0 Å². The Labute approximate surface area is 100 Å². The molecule has 0 aliphatic heterocycles. The fourth-order valence-electron chi connectivity index (χ4n) is 1.32. The van der Waals surface area contributed by atoms with E-state index in [0.717, 1.165) is 5.56 Å². The second kappa shape index (κ2) is 4.98. The van der Waals surface area contributed by atoms with Crippen molar-refractivity contribution in [2.45, 2.75) is 6.10 Å². The first-order chi connectivity index (χ1) is 8.16. The molecule has 0 saturated carbocycles. The zero-order valence-corrected chi connectivity index (χ0v) is 9.58. The normalized spacial score (nSPS) is 12.3. The van der Waals surface area contributed by atoms with Gasteiger partial charge in [0.25, 0.3) is 5.91 Å². The van der Waals surface area contributed by atoms with Gasteiger partial charge >= 0.3 is 5.69 Å². The zero-order valence-electron chi connectivity index (χ0n) is 8.77. The van der Waals surface area contributed by atoms with E-state index >= 15 is 0 Å². The highest BCUT2D eigenvalue weighted by atomic mass is 32.1. The molecule has 0 saturated heterocycles. The highest BCUT2D eigenvalue weighted by Crippen LogP contribution is 2.14. The molecule has 0 aromatic carbocycles. The smallest absolute Gasteiger partial charge is 0.323 e. The molecule has 17 heavy (non-hydrogen) atoms. The van der Waals surface area contributed by atoms with Gasteiger partial charge in [0.05, 0.1) is 6.10 Å². The van der Waals surface area contributed by atoms with E-state index in [-0.39, 0.29) is 12.2 Å². The molecule has 1 atom stereocenters. The molecule has 90 valence electrons. The summed E-state index contributed by atoms with van der Waals surface area (Å²) in [6.45, 7) is 0.1000. The molecule has 2 heterocycles. The van der Waals surface area contributed by atoms with E-state index in [1.54, 1.807) is 6.07 Å². The lowest BCUT2D eigenvalue weighted by molar-refractivity contribution is 0.0912. The van der Waals surface area contributed by atoms with Gasteiger partial charge in [0.1, 0.15) is 5.69 Å². The number of rotatable bonds is 4. The molecule has 2 aromatic rings. The fraction of sp³-hybridized carbons (Fsp3) is 0.200. The predicted octanol–water partition coefficient (Wildman–Crippen LogP) is 0.228. The van der Waals surface area contributed by atoms with E-state index in [1.165, 1.54) is 17.5 Å². The molecule has 2 rings (SSSR count). The van der Waals surface area contributed by atoms with Crippen molar-refractivity contribution in [3.8, 4) is 0 Å². The minimum atomic E-state index is -0.740. The van der Waals surface area contributed by atoms with Crippen molar-refractivity contribution in [1.29, 1.82) is 0 Å². The van der Waals surface area contributed by atoms with Gasteiger partial charge in [0.2, 0.25) is 0 Å². The Kier molecular flexibility index (Phi) is 3.40. The number of aromatic amines is 2. The highest BCUT2D eigenvalue weighted by Gasteiger charge is 2.12. The summed E-state index contributed by atoms with van der Waals surface area (Å²) in [4.78, 5) is 27.0. The lowest BCUT2D eigenvalue weighted by atomic mass is 10.2. The standard InChI is InChI=1S/C10H11N3O3S/c14-8(6-1-2-17-5-6)4-11-9(15)7-3-12-10(16)13-7/h1-3,5,8,14H,4H2,(H,11,15)(H2,12,13,16). The molecular formula is C10H11N3O3S. The molecular weight excluding hydrogens is 242 g/mol. The Morgan fingerprint density at radius 1 is 1.59 bits per heavy atom. The fourth-order valence-corrected chi connectivity index (χ4v) is 2.03. The Morgan fingerprint density at radius 2 is 2.41 bits per heavy atom. The average Bonchev–Trinajstić information content (AvgIpc) is 2.95. The number of H-pyrrole nitrogens is 2. The van der Waals surface area contributed by atoms with Gasteiger partial charge in [-0.1, -0.05) is 0 Å². The van der Waals surface area contributed by atoms with Crippen molar-refractivity contribution in [2.75, 3.05) is 6.54 Å². The molecule has 4 N–H and O–H groups in total. The molecule has 0 spiro atoms. The Hall–Kier alpha value is -1.86. The van der Waals surface area contributed by atoms with Crippen LogP contribution in [0.25, 0.3) is 0 Å². The summed E-state index contributed by atoms with van der Waals surface area (Å²) in [5, 5.41) is 15.9. The summed E-state index contributed by atoms with van der Waals surface area (Å²) in [6.07, 6.45) is 0.546. The van der Waals surface area contributed by atoms with Crippen molar-refractivity contribution in [3.63, 3.8) is 0 Å². The topological polar surface area (TPSA) is 98.0 Å². The number of nitrogens with one attached hydrogen (secondary N) is 3. The monoisotopic (exact) mass is 253 g/mol. The van der Waals surface area contributed by atoms with Crippen molar-refractivity contribution in [1.82, 2.24) is 15.3 Å². The summed E-state index contributed by atoms with van der Waals surface area (Å²) in [5.74, 6) is -0.433. The van der Waals surface area contributed by atoms with Gasteiger partial charge in [-0.15, -0.1) is 0 Å². The maximum absolute atomic E-state index is 11.5. The number of hydrogen-bond donors (Lipinski definition) is 4. The number of carbonyl (C=O) groups is 1. The number of thiophene rings is 1. The maximum Gasteiger partial charge on any atom is 0.323 e. The molecule has 1 amide bonds. The average molecular weight is 253 g/mol. The van der Waals surface area contributed by atoms with Gasteiger partial charge in [-0.2, -0.15) is 11.3 Å². The molecule has 1 unspecified atom stereocenters. The Balaban J connectivity index is 1.90. The predicted molar refractivity (Wildman–Crippen MR) is 63.0 cm³/mol. The maximum atomic E-state index is 11.5. The van der Waals surface area contributed by atoms with E-state index in [9.17, 15) is 14.7 Å². The van der Waals surface area contributed by atoms with E-state index in [2.05, 4.69) is 15.3 Å². The summed E-state index contributed by atoms with van der Waals surface area (Å²) >= 11 is 1.48. The minimum Gasteiger partial charge on any atom is -0.387 e. The third-order valence-electron chi connectivity index (χ3n) is 2.22. The highest BCUT2D eigenvalue weighted by molar-refractivity contribution is 7.07. The van der Waals surface area contributed by atoms with Gasteiger partial charge < -0.3 is 20.4 Å². The van der Waals surface area contributed by atoms with Crippen LogP contribution in [-0.2, 0) is 0 Å². The summed E-state index contributed by atoms with van der Waals surface area (Å²) in [5.41, 5.74) is 0.471. The Bertz CT molecular complexity index is 543. The van der Waals surface area contributed by atoms with Crippen LogP contribution in [0.4, 0.5) is 0 Å². The van der Waals surface area contributed by atoms with Gasteiger partial charge in [0.15, 0.2) is 0 Å². The molecule has 0 aliphatic carbocycles. The SMILES string of the molecule is O=C(NCC(O)c1ccsc1)c1c[nH]c(=O)[nH]1. The lowest BCUT2D eigenvalue weighted by Crippen LogP contribution is -2.28. The van der Waals surface area contributed by atoms with Gasteiger partial charge in [0, 0.05) is 12.7 Å². The summed E-state index contributed by atoms with van der Waals surface area (Å²) < 4.78 is 0. The number of carbonyl (C=O) groups excluding carboxylic acids is 1. The molecule has 7 heteroatoms. The molecule has 6 nitrogen and oxygen atoms in total. The third kappa shape index (κ3) is 2.83. The van der Waals surface area contributed by atoms with Crippen LogP contribution in [0.1, 0.15) is 22.2 Å². The first-order valence-corrected chi connectivity index (χ1v) is 5.87. The Morgan fingerprint density at radius 3 is 3.00 bits per heavy atom. The largest absolute Gasteiger partial charge is 0.387 e. The first-order valence-electron chi connectivity index (χ1n) is 4.93.